The molecule has 0 spiro atoms. The summed E-state index contributed by atoms with van der Waals surface area (Å²) >= 11 is 6.43. The van der Waals surface area contributed by atoms with Crippen LogP contribution in [0.15, 0.2) is 97.1 Å². The summed E-state index contributed by atoms with van der Waals surface area (Å²) in [4.78, 5) is 29.1. The molecule has 0 aromatic heterocycles. The van der Waals surface area contributed by atoms with E-state index in [9.17, 15) is 9.59 Å². The summed E-state index contributed by atoms with van der Waals surface area (Å²) in [5, 5.41) is 6.93. The predicted octanol–water partition coefficient (Wildman–Crippen LogP) is 5.41. The van der Waals surface area contributed by atoms with Gasteiger partial charge in [-0.1, -0.05) is 72.3 Å². The zero-order chi connectivity index (χ0) is 29.0. The van der Waals surface area contributed by atoms with Gasteiger partial charge in [-0.05, 0) is 53.9 Å². The van der Waals surface area contributed by atoms with Gasteiger partial charge >= 0.3 is 0 Å². The highest BCUT2D eigenvalue weighted by Gasteiger charge is 2.52. The number of nitrogens with zero attached hydrogens (tertiary/aromatic N) is 1. The van der Waals surface area contributed by atoms with Crippen LogP contribution in [0.3, 0.4) is 0 Å². The number of rotatable bonds is 10. The molecule has 1 aliphatic rings. The number of methoxy groups -OCH3 is 1. The lowest BCUT2D eigenvalue weighted by Gasteiger charge is -2.35. The first kappa shape index (κ1) is 28.2. The first-order valence-corrected chi connectivity index (χ1v) is 13.7. The number of likely N-dealkylation sites (N-methyl/N-ethyl adjacent to an activating group) is 1. The summed E-state index contributed by atoms with van der Waals surface area (Å²) in [6.07, 6.45) is 0.329. The molecular formula is C33H32ClN3O4. The molecule has 0 aliphatic carbocycles. The van der Waals surface area contributed by atoms with Crippen molar-refractivity contribution in [2.24, 2.45) is 0 Å². The van der Waals surface area contributed by atoms with Gasteiger partial charge < -0.3 is 19.7 Å². The van der Waals surface area contributed by atoms with Gasteiger partial charge in [0.05, 0.1) is 13.2 Å². The van der Waals surface area contributed by atoms with Crippen LogP contribution in [0.4, 0.5) is 5.69 Å². The van der Waals surface area contributed by atoms with Gasteiger partial charge in [0.15, 0.2) is 5.54 Å². The second-order valence-electron chi connectivity index (χ2n) is 10.1. The Morgan fingerprint density at radius 3 is 2.34 bits per heavy atom. The number of fused-ring (bicyclic) bond motifs is 1. The van der Waals surface area contributed by atoms with E-state index in [0.717, 1.165) is 16.9 Å². The van der Waals surface area contributed by atoms with Gasteiger partial charge in [0.2, 0.25) is 5.91 Å². The number of halogens is 1. The van der Waals surface area contributed by atoms with E-state index in [2.05, 4.69) is 10.6 Å². The molecule has 0 bridgehead atoms. The fourth-order valence-electron chi connectivity index (χ4n) is 5.19. The number of benzene rings is 4. The third-order valence-electron chi connectivity index (χ3n) is 7.23. The van der Waals surface area contributed by atoms with Gasteiger partial charge in [-0.25, -0.2) is 0 Å². The first-order chi connectivity index (χ1) is 19.8. The lowest BCUT2D eigenvalue weighted by molar-refractivity contribution is -0.132. The highest BCUT2D eigenvalue weighted by molar-refractivity contribution is 6.31. The molecule has 0 saturated carbocycles. The van der Waals surface area contributed by atoms with E-state index in [1.54, 1.807) is 45.5 Å². The highest BCUT2D eigenvalue weighted by Crippen LogP contribution is 2.45. The number of nitrogens with one attached hydrogen (secondary N) is 2. The SMILES string of the molecule is COc1ccccc1C1(N[C@@H](Cc2ccc(OCc3ccccc3)cc2)C(=O)N(C)C)C(=O)Nc2ccc(Cl)cc21. The summed E-state index contributed by atoms with van der Waals surface area (Å²) in [6, 6.07) is 29.4. The number of anilines is 1. The maximum atomic E-state index is 13.9. The van der Waals surface area contributed by atoms with E-state index in [1.165, 1.54) is 4.90 Å². The Bertz CT molecular complexity index is 1540. The maximum Gasteiger partial charge on any atom is 0.254 e. The van der Waals surface area contributed by atoms with E-state index in [0.29, 0.717) is 40.6 Å². The van der Waals surface area contributed by atoms with Crippen molar-refractivity contribution in [1.29, 1.82) is 0 Å². The van der Waals surface area contributed by atoms with E-state index < -0.39 is 11.6 Å². The quantitative estimate of drug-likeness (QED) is 0.267. The number of amides is 2. The molecule has 5 rings (SSSR count). The van der Waals surface area contributed by atoms with E-state index in [4.69, 9.17) is 21.1 Å². The third-order valence-corrected chi connectivity index (χ3v) is 7.46. The molecule has 1 heterocycles. The summed E-state index contributed by atoms with van der Waals surface area (Å²) in [5.74, 6) is 0.747. The molecule has 2 amide bonds. The van der Waals surface area contributed by atoms with Gasteiger partial charge in [-0.3, -0.25) is 14.9 Å². The van der Waals surface area contributed by atoms with Crippen molar-refractivity contribution in [2.75, 3.05) is 26.5 Å². The lowest BCUT2D eigenvalue weighted by Crippen LogP contribution is -2.58. The Hall–Kier alpha value is -4.33. The summed E-state index contributed by atoms with van der Waals surface area (Å²) < 4.78 is 11.6. The van der Waals surface area contributed by atoms with Gasteiger partial charge in [0.1, 0.15) is 18.1 Å². The standard InChI is InChI=1S/C33H32ClN3O4/c1-37(2)31(38)29(19-22-13-16-25(17-14-22)41-21-23-9-5-4-6-10-23)36-33(26-11-7-8-12-30(26)40-3)27-20-24(34)15-18-28(27)35-32(33)39/h4-18,20,29,36H,19,21H2,1-3H3,(H,35,39)/t29-,33?/m0/s1. The number of ether oxygens (including phenoxy) is 2. The van der Waals surface area contributed by atoms with Crippen molar-refractivity contribution >= 4 is 29.1 Å². The average molecular weight is 570 g/mol. The second kappa shape index (κ2) is 12.0. The Morgan fingerprint density at radius 1 is 0.927 bits per heavy atom. The van der Waals surface area contributed by atoms with Crippen molar-refractivity contribution < 1.29 is 19.1 Å². The van der Waals surface area contributed by atoms with Crippen molar-refractivity contribution in [3.63, 3.8) is 0 Å². The molecule has 4 aromatic rings. The van der Waals surface area contributed by atoms with E-state index in [1.807, 2.05) is 72.8 Å². The Morgan fingerprint density at radius 2 is 1.63 bits per heavy atom. The Balaban J connectivity index is 1.49. The minimum atomic E-state index is -1.43. The third kappa shape index (κ3) is 5.78. The van der Waals surface area contributed by atoms with Crippen LogP contribution in [-0.4, -0.2) is 44.0 Å². The molecule has 0 saturated heterocycles. The van der Waals surface area contributed by atoms with Gasteiger partial charge in [0.25, 0.3) is 5.91 Å². The minimum absolute atomic E-state index is 0.174. The molecule has 2 N–H and O–H groups in total. The molecule has 4 aromatic carbocycles. The van der Waals surface area contributed by atoms with Gasteiger partial charge in [-0.15, -0.1) is 0 Å². The largest absolute Gasteiger partial charge is 0.496 e. The molecule has 2 atom stereocenters. The van der Waals surface area contributed by atoms with Crippen molar-refractivity contribution in [3.8, 4) is 11.5 Å². The smallest absolute Gasteiger partial charge is 0.254 e. The topological polar surface area (TPSA) is 79.9 Å². The Labute approximate surface area is 245 Å². The number of carbonyl (C=O) groups excluding carboxylic acids is 2. The van der Waals surface area contributed by atoms with Crippen LogP contribution >= 0.6 is 11.6 Å². The van der Waals surface area contributed by atoms with E-state index >= 15 is 0 Å². The van der Waals surface area contributed by atoms with Crippen LogP contribution in [0, 0.1) is 0 Å². The monoisotopic (exact) mass is 569 g/mol. The van der Waals surface area contributed by atoms with Crippen LogP contribution in [0.25, 0.3) is 0 Å². The Kier molecular flexibility index (Phi) is 8.28. The molecule has 0 radical (unpaired) electrons. The highest BCUT2D eigenvalue weighted by atomic mass is 35.5. The fourth-order valence-corrected chi connectivity index (χ4v) is 5.36. The molecule has 7 nitrogen and oxygen atoms in total. The van der Waals surface area contributed by atoms with Gasteiger partial charge in [-0.2, -0.15) is 0 Å². The number of hydrogen-bond donors (Lipinski definition) is 2. The summed E-state index contributed by atoms with van der Waals surface area (Å²) in [5.41, 5.74) is 2.39. The predicted molar refractivity (Wildman–Crippen MR) is 160 cm³/mol. The first-order valence-electron chi connectivity index (χ1n) is 13.3. The normalized spacial score (nSPS) is 16.4. The molecule has 1 unspecified atom stereocenters. The molecule has 8 heteroatoms. The molecule has 210 valence electrons. The van der Waals surface area contributed by atoms with Crippen LogP contribution in [0.1, 0.15) is 22.3 Å². The molecule has 41 heavy (non-hydrogen) atoms. The molecular weight excluding hydrogens is 538 g/mol. The van der Waals surface area contributed by atoms with Crippen molar-refractivity contribution in [3.05, 3.63) is 124 Å². The summed E-state index contributed by atoms with van der Waals surface area (Å²) in [7, 11) is 4.96. The van der Waals surface area contributed by atoms with Crippen LogP contribution in [-0.2, 0) is 28.2 Å². The van der Waals surface area contributed by atoms with Crippen molar-refractivity contribution in [2.45, 2.75) is 24.6 Å². The van der Waals surface area contributed by atoms with E-state index in [-0.39, 0.29) is 11.8 Å². The zero-order valence-corrected chi connectivity index (χ0v) is 23.9. The minimum Gasteiger partial charge on any atom is -0.496 e. The molecule has 1 aliphatic heterocycles. The number of para-hydroxylation sites is 1. The van der Waals surface area contributed by atoms with Gasteiger partial charge in [0, 0.05) is 35.9 Å². The summed E-state index contributed by atoms with van der Waals surface area (Å²) in [6.45, 7) is 0.460. The molecule has 0 fully saturated rings. The lowest BCUT2D eigenvalue weighted by atomic mass is 9.81. The maximum absolute atomic E-state index is 13.9. The fraction of sp³-hybridized carbons (Fsp3) is 0.212. The zero-order valence-electron chi connectivity index (χ0n) is 23.2. The van der Waals surface area contributed by atoms with Crippen LogP contribution in [0.2, 0.25) is 5.02 Å². The number of hydrogen-bond acceptors (Lipinski definition) is 5. The average Bonchev–Trinajstić information content (AvgIpc) is 3.27. The van der Waals surface area contributed by atoms with Crippen LogP contribution in [0.5, 0.6) is 11.5 Å². The number of carbonyl (C=O) groups is 2. The van der Waals surface area contributed by atoms with Crippen LogP contribution < -0.4 is 20.1 Å². The van der Waals surface area contributed by atoms with Crippen molar-refractivity contribution in [1.82, 2.24) is 10.2 Å². The second-order valence-corrected chi connectivity index (χ2v) is 10.6.